The molecule has 0 aliphatic carbocycles. The van der Waals surface area contributed by atoms with Crippen molar-refractivity contribution in [2.45, 2.75) is 20.1 Å². The molecule has 0 fully saturated rings. The first-order valence-electron chi connectivity index (χ1n) is 6.85. The van der Waals surface area contributed by atoms with Crippen molar-refractivity contribution in [3.05, 3.63) is 59.4 Å². The van der Waals surface area contributed by atoms with Gasteiger partial charge >= 0.3 is 0 Å². The number of aromatic nitrogens is 1. The first-order chi connectivity index (χ1) is 10.2. The summed E-state index contributed by atoms with van der Waals surface area (Å²) in [5.74, 6) is -0.221. The van der Waals surface area contributed by atoms with Crippen molar-refractivity contribution >= 4 is 24.0 Å². The second-order valence-corrected chi connectivity index (χ2v) is 4.57. The fourth-order valence-electron chi connectivity index (χ4n) is 1.89. The minimum atomic E-state index is -0.221. The van der Waals surface area contributed by atoms with Gasteiger partial charge in [-0.1, -0.05) is 24.3 Å². The van der Waals surface area contributed by atoms with Crippen molar-refractivity contribution in [2.75, 3.05) is 12.3 Å². The zero-order valence-electron chi connectivity index (χ0n) is 12.4. The van der Waals surface area contributed by atoms with Crippen molar-refractivity contribution in [1.29, 1.82) is 0 Å². The summed E-state index contributed by atoms with van der Waals surface area (Å²) in [5, 5.41) is 2.85. The summed E-state index contributed by atoms with van der Waals surface area (Å²) >= 11 is 0. The first kappa shape index (κ1) is 17.9. The summed E-state index contributed by atoms with van der Waals surface area (Å²) in [7, 11) is 0. The van der Waals surface area contributed by atoms with Crippen LogP contribution in [0.25, 0.3) is 0 Å². The summed E-state index contributed by atoms with van der Waals surface area (Å²) < 4.78 is 5.43. The van der Waals surface area contributed by atoms with Crippen molar-refractivity contribution in [1.82, 2.24) is 10.3 Å². The maximum atomic E-state index is 12.0. The van der Waals surface area contributed by atoms with Gasteiger partial charge in [-0.05, 0) is 30.2 Å². The maximum Gasteiger partial charge on any atom is 0.270 e. The van der Waals surface area contributed by atoms with E-state index >= 15 is 0 Å². The van der Waals surface area contributed by atoms with Gasteiger partial charge in [-0.3, -0.25) is 4.79 Å². The van der Waals surface area contributed by atoms with E-state index in [4.69, 9.17) is 10.5 Å². The third-order valence-corrected chi connectivity index (χ3v) is 3.04. The van der Waals surface area contributed by atoms with E-state index in [9.17, 15) is 4.79 Å². The molecule has 0 bridgehead atoms. The van der Waals surface area contributed by atoms with Crippen LogP contribution in [0, 0.1) is 0 Å². The maximum absolute atomic E-state index is 12.0. The predicted octanol–water partition coefficient (Wildman–Crippen LogP) is 2.55. The lowest BCUT2D eigenvalue weighted by Gasteiger charge is -2.10. The van der Waals surface area contributed by atoms with E-state index in [1.807, 2.05) is 31.2 Å². The van der Waals surface area contributed by atoms with E-state index in [1.165, 1.54) is 6.20 Å². The van der Waals surface area contributed by atoms with Gasteiger partial charge in [0.2, 0.25) is 0 Å². The van der Waals surface area contributed by atoms with Gasteiger partial charge in [0.1, 0.15) is 5.69 Å². The Labute approximate surface area is 136 Å². The monoisotopic (exact) mass is 321 g/mol. The normalized spacial score (nSPS) is 9.86. The number of nitrogens with one attached hydrogen (secondary N) is 1. The van der Waals surface area contributed by atoms with Crippen LogP contribution >= 0.6 is 12.4 Å². The summed E-state index contributed by atoms with van der Waals surface area (Å²) in [5.41, 5.74) is 8.55. The Hall–Kier alpha value is -2.11. The molecule has 0 radical (unpaired) electrons. The van der Waals surface area contributed by atoms with E-state index in [2.05, 4.69) is 10.3 Å². The molecule has 1 aromatic carbocycles. The largest absolute Gasteiger partial charge is 0.397 e. The number of benzene rings is 1. The zero-order chi connectivity index (χ0) is 15.1. The molecule has 118 valence electrons. The number of carbonyl (C=O) groups excluding carboxylic acids is 1. The van der Waals surface area contributed by atoms with Crippen LogP contribution in [0.3, 0.4) is 0 Å². The molecule has 0 spiro atoms. The topological polar surface area (TPSA) is 77.2 Å². The fourth-order valence-corrected chi connectivity index (χ4v) is 1.89. The van der Waals surface area contributed by atoms with E-state index < -0.39 is 0 Å². The fraction of sp³-hybridized carbons (Fsp3) is 0.250. The second kappa shape index (κ2) is 9.02. The van der Waals surface area contributed by atoms with Crippen LogP contribution in [0.5, 0.6) is 0 Å². The Morgan fingerprint density at radius 2 is 1.95 bits per heavy atom. The third-order valence-electron chi connectivity index (χ3n) is 3.04. The van der Waals surface area contributed by atoms with Crippen LogP contribution < -0.4 is 11.1 Å². The second-order valence-electron chi connectivity index (χ2n) is 4.57. The number of anilines is 1. The molecule has 2 rings (SSSR count). The highest BCUT2D eigenvalue weighted by molar-refractivity contribution is 5.92. The molecule has 2 aromatic rings. The summed E-state index contributed by atoms with van der Waals surface area (Å²) in [4.78, 5) is 16.0. The van der Waals surface area contributed by atoms with Gasteiger partial charge in [-0.2, -0.15) is 0 Å². The molecule has 6 heteroatoms. The summed E-state index contributed by atoms with van der Waals surface area (Å²) in [6.07, 6.45) is 1.47. The molecule has 5 nitrogen and oxygen atoms in total. The molecule has 3 N–H and O–H groups in total. The molecule has 1 aromatic heterocycles. The van der Waals surface area contributed by atoms with Gasteiger partial charge in [0, 0.05) is 13.2 Å². The Morgan fingerprint density at radius 1 is 1.23 bits per heavy atom. The minimum absolute atomic E-state index is 0. The SMILES string of the molecule is CCOCc1ccccc1CNC(=O)c1ccc(N)cn1.Cl. The molecule has 1 amide bonds. The van der Waals surface area contributed by atoms with Gasteiger partial charge in [0.25, 0.3) is 5.91 Å². The number of nitrogens with two attached hydrogens (primary N) is 1. The molecule has 1 heterocycles. The molecule has 0 saturated heterocycles. The lowest BCUT2D eigenvalue weighted by molar-refractivity contribution is 0.0945. The van der Waals surface area contributed by atoms with Crippen LogP contribution in [0.4, 0.5) is 5.69 Å². The average Bonchev–Trinajstić information content (AvgIpc) is 2.52. The van der Waals surface area contributed by atoms with Crippen LogP contribution in [-0.2, 0) is 17.9 Å². The number of hydrogen-bond acceptors (Lipinski definition) is 4. The molecular weight excluding hydrogens is 302 g/mol. The zero-order valence-corrected chi connectivity index (χ0v) is 13.2. The van der Waals surface area contributed by atoms with Crippen LogP contribution in [-0.4, -0.2) is 17.5 Å². The smallest absolute Gasteiger partial charge is 0.270 e. The van der Waals surface area contributed by atoms with Gasteiger partial charge in [0.05, 0.1) is 18.5 Å². The van der Waals surface area contributed by atoms with Gasteiger partial charge in [0.15, 0.2) is 0 Å². The van der Waals surface area contributed by atoms with Crippen LogP contribution in [0.15, 0.2) is 42.6 Å². The van der Waals surface area contributed by atoms with Gasteiger partial charge in [-0.15, -0.1) is 12.4 Å². The van der Waals surface area contributed by atoms with E-state index in [-0.39, 0.29) is 18.3 Å². The number of carbonyl (C=O) groups is 1. The van der Waals surface area contributed by atoms with Gasteiger partial charge < -0.3 is 15.8 Å². The van der Waals surface area contributed by atoms with Crippen molar-refractivity contribution in [2.24, 2.45) is 0 Å². The highest BCUT2D eigenvalue weighted by Crippen LogP contribution is 2.10. The average molecular weight is 322 g/mol. The Balaban J connectivity index is 0.00000242. The number of nitrogens with zero attached hydrogens (tertiary/aromatic N) is 1. The lowest BCUT2D eigenvalue weighted by atomic mass is 10.1. The molecule has 0 saturated carbocycles. The van der Waals surface area contributed by atoms with Crippen LogP contribution in [0.1, 0.15) is 28.5 Å². The van der Waals surface area contributed by atoms with Crippen LogP contribution in [0.2, 0.25) is 0 Å². The molecular formula is C16H20ClN3O2. The molecule has 0 unspecified atom stereocenters. The Morgan fingerprint density at radius 3 is 2.59 bits per heavy atom. The Bertz CT molecular complexity index is 603. The molecule has 0 aliphatic heterocycles. The minimum Gasteiger partial charge on any atom is -0.397 e. The van der Waals surface area contributed by atoms with Crippen molar-refractivity contribution < 1.29 is 9.53 Å². The van der Waals surface area contributed by atoms with Gasteiger partial charge in [-0.25, -0.2) is 4.98 Å². The lowest BCUT2D eigenvalue weighted by Crippen LogP contribution is -2.24. The summed E-state index contributed by atoms with van der Waals surface area (Å²) in [6, 6.07) is 11.1. The number of nitrogen functional groups attached to an aromatic ring is 1. The molecule has 0 atom stereocenters. The molecule has 0 aliphatic rings. The third kappa shape index (κ3) is 5.02. The quantitative estimate of drug-likeness (QED) is 0.857. The predicted molar refractivity (Wildman–Crippen MR) is 88.8 cm³/mol. The molecule has 22 heavy (non-hydrogen) atoms. The number of halogens is 1. The first-order valence-corrected chi connectivity index (χ1v) is 6.85. The van der Waals surface area contributed by atoms with Crippen molar-refractivity contribution in [3.63, 3.8) is 0 Å². The standard InChI is InChI=1S/C16H19N3O2.ClH/c1-2-21-11-13-6-4-3-5-12(13)9-19-16(20)15-8-7-14(17)10-18-15;/h3-8,10H,2,9,11,17H2,1H3,(H,19,20);1H. The van der Waals surface area contributed by atoms with E-state index in [0.29, 0.717) is 31.1 Å². The Kier molecular flexibility index (Phi) is 7.36. The van der Waals surface area contributed by atoms with E-state index in [0.717, 1.165) is 11.1 Å². The van der Waals surface area contributed by atoms with Crippen molar-refractivity contribution in [3.8, 4) is 0 Å². The number of rotatable bonds is 6. The highest BCUT2D eigenvalue weighted by atomic mass is 35.5. The highest BCUT2D eigenvalue weighted by Gasteiger charge is 2.08. The summed E-state index contributed by atoms with van der Waals surface area (Å²) in [6.45, 7) is 3.60. The number of hydrogen-bond donors (Lipinski definition) is 2. The number of amides is 1. The number of ether oxygens (including phenoxy) is 1. The number of pyridine rings is 1. The van der Waals surface area contributed by atoms with E-state index in [1.54, 1.807) is 12.1 Å².